The van der Waals surface area contributed by atoms with Gasteiger partial charge in [-0.05, 0) is 25.5 Å². The van der Waals surface area contributed by atoms with E-state index in [0.717, 1.165) is 38.5 Å². The van der Waals surface area contributed by atoms with Crippen molar-refractivity contribution in [2.24, 2.45) is 0 Å². The zero-order valence-electron chi connectivity index (χ0n) is 13.7. The number of morpholine rings is 1. The Labute approximate surface area is 133 Å². The van der Waals surface area contributed by atoms with Crippen molar-refractivity contribution in [2.75, 3.05) is 51.3 Å². The van der Waals surface area contributed by atoms with Gasteiger partial charge in [0.05, 0.1) is 13.2 Å². The molecule has 0 unspecified atom stereocenters. The summed E-state index contributed by atoms with van der Waals surface area (Å²) in [5, 5.41) is 6.30. The van der Waals surface area contributed by atoms with Crippen LogP contribution in [-0.4, -0.2) is 56.7 Å². The highest BCUT2D eigenvalue weighted by atomic mass is 16.5. The number of hydrogen-bond donors (Lipinski definition) is 2. The number of carbonyl (C=O) groups excluding carboxylic acids is 1. The number of benzene rings is 1. The van der Waals surface area contributed by atoms with Gasteiger partial charge in [-0.1, -0.05) is 17.7 Å². The summed E-state index contributed by atoms with van der Waals surface area (Å²) in [6.07, 6.45) is 0.496. The van der Waals surface area contributed by atoms with Crippen LogP contribution >= 0.6 is 0 Å². The molecule has 1 fully saturated rings. The van der Waals surface area contributed by atoms with Gasteiger partial charge >= 0.3 is 0 Å². The zero-order valence-corrected chi connectivity index (χ0v) is 13.7. The average molecular weight is 305 g/mol. The van der Waals surface area contributed by atoms with E-state index in [-0.39, 0.29) is 5.91 Å². The predicted molar refractivity (Wildman–Crippen MR) is 89.3 cm³/mol. The number of amides is 1. The summed E-state index contributed by atoms with van der Waals surface area (Å²) >= 11 is 0. The van der Waals surface area contributed by atoms with Crippen LogP contribution in [0, 0.1) is 13.8 Å². The first kappa shape index (κ1) is 16.8. The van der Waals surface area contributed by atoms with Crippen LogP contribution < -0.4 is 10.6 Å². The Hall–Kier alpha value is -1.59. The van der Waals surface area contributed by atoms with Gasteiger partial charge in [0.25, 0.3) is 0 Å². The van der Waals surface area contributed by atoms with E-state index in [0.29, 0.717) is 19.5 Å². The van der Waals surface area contributed by atoms with Gasteiger partial charge in [-0.3, -0.25) is 9.69 Å². The summed E-state index contributed by atoms with van der Waals surface area (Å²) in [7, 11) is 0. The lowest BCUT2D eigenvalue weighted by Gasteiger charge is -2.26. The maximum absolute atomic E-state index is 11.8. The van der Waals surface area contributed by atoms with E-state index in [1.807, 2.05) is 0 Å². The van der Waals surface area contributed by atoms with E-state index in [1.165, 1.54) is 11.1 Å². The third-order valence-electron chi connectivity index (χ3n) is 3.90. The largest absolute Gasteiger partial charge is 0.384 e. The van der Waals surface area contributed by atoms with Crippen LogP contribution in [0.5, 0.6) is 0 Å². The number of nitrogens with zero attached hydrogens (tertiary/aromatic N) is 1. The van der Waals surface area contributed by atoms with Crippen LogP contribution in [0.25, 0.3) is 0 Å². The Morgan fingerprint density at radius 3 is 2.73 bits per heavy atom. The second-order valence-electron chi connectivity index (χ2n) is 5.80. The van der Waals surface area contributed by atoms with Crippen molar-refractivity contribution in [3.63, 3.8) is 0 Å². The number of hydrogen-bond acceptors (Lipinski definition) is 4. The van der Waals surface area contributed by atoms with E-state index in [4.69, 9.17) is 4.74 Å². The average Bonchev–Trinajstić information content (AvgIpc) is 2.50. The minimum Gasteiger partial charge on any atom is -0.384 e. The Kier molecular flexibility index (Phi) is 6.68. The number of aryl methyl sites for hydroxylation is 2. The van der Waals surface area contributed by atoms with Gasteiger partial charge in [-0.15, -0.1) is 0 Å². The molecule has 1 saturated heterocycles. The number of ether oxygens (including phenoxy) is 1. The molecule has 0 bridgehead atoms. The molecule has 1 aromatic carbocycles. The van der Waals surface area contributed by atoms with Crippen LogP contribution in [0.15, 0.2) is 18.2 Å². The second-order valence-corrected chi connectivity index (χ2v) is 5.80. The van der Waals surface area contributed by atoms with Crippen LogP contribution in [0.4, 0.5) is 5.69 Å². The van der Waals surface area contributed by atoms with Gasteiger partial charge in [0, 0.05) is 44.8 Å². The number of rotatable bonds is 7. The first-order valence-corrected chi connectivity index (χ1v) is 8.03. The monoisotopic (exact) mass is 305 g/mol. The molecule has 0 atom stereocenters. The lowest BCUT2D eigenvalue weighted by atomic mass is 10.1. The van der Waals surface area contributed by atoms with E-state index < -0.39 is 0 Å². The zero-order chi connectivity index (χ0) is 15.8. The molecule has 1 aliphatic heterocycles. The Morgan fingerprint density at radius 2 is 2.00 bits per heavy atom. The summed E-state index contributed by atoms with van der Waals surface area (Å²) in [5.41, 5.74) is 3.57. The van der Waals surface area contributed by atoms with Crippen molar-refractivity contribution in [3.05, 3.63) is 29.3 Å². The van der Waals surface area contributed by atoms with E-state index >= 15 is 0 Å². The van der Waals surface area contributed by atoms with Gasteiger partial charge in [-0.25, -0.2) is 0 Å². The molecule has 22 heavy (non-hydrogen) atoms. The molecule has 5 nitrogen and oxygen atoms in total. The first-order chi connectivity index (χ1) is 10.6. The summed E-state index contributed by atoms with van der Waals surface area (Å²) in [4.78, 5) is 14.1. The minimum atomic E-state index is 0.102. The molecule has 0 aliphatic carbocycles. The van der Waals surface area contributed by atoms with Gasteiger partial charge in [-0.2, -0.15) is 0 Å². The summed E-state index contributed by atoms with van der Waals surface area (Å²) in [5.74, 6) is 0.102. The van der Waals surface area contributed by atoms with Crippen molar-refractivity contribution in [3.8, 4) is 0 Å². The highest BCUT2D eigenvalue weighted by Gasteiger charge is 2.10. The highest BCUT2D eigenvalue weighted by molar-refractivity contribution is 5.76. The van der Waals surface area contributed by atoms with Gasteiger partial charge < -0.3 is 15.4 Å². The Balaban J connectivity index is 1.59. The molecule has 0 saturated carbocycles. The van der Waals surface area contributed by atoms with Crippen molar-refractivity contribution in [2.45, 2.75) is 20.3 Å². The number of nitrogens with one attached hydrogen (secondary N) is 2. The Morgan fingerprint density at radius 1 is 1.23 bits per heavy atom. The van der Waals surface area contributed by atoms with Crippen LogP contribution in [0.3, 0.4) is 0 Å². The summed E-state index contributed by atoms with van der Waals surface area (Å²) in [6.45, 7) is 9.96. The molecule has 0 aromatic heterocycles. The molecule has 2 N–H and O–H groups in total. The lowest BCUT2D eigenvalue weighted by Crippen LogP contribution is -2.41. The summed E-state index contributed by atoms with van der Waals surface area (Å²) < 4.78 is 5.30. The molecular weight excluding hydrogens is 278 g/mol. The molecule has 5 heteroatoms. The summed E-state index contributed by atoms with van der Waals surface area (Å²) in [6, 6.07) is 6.30. The van der Waals surface area contributed by atoms with Crippen molar-refractivity contribution in [1.29, 1.82) is 0 Å². The molecule has 122 valence electrons. The molecule has 0 radical (unpaired) electrons. The maximum atomic E-state index is 11.8. The standard InChI is InChI=1S/C17H27N3O2/c1-14-3-4-16(15(2)13-14)18-6-5-17(21)19-7-8-20-9-11-22-12-10-20/h3-4,13,18H,5-12H2,1-2H3,(H,19,21). The molecule has 1 aromatic rings. The maximum Gasteiger partial charge on any atom is 0.221 e. The second kappa shape index (κ2) is 8.76. The Bertz CT molecular complexity index is 485. The number of anilines is 1. The minimum absolute atomic E-state index is 0.102. The third kappa shape index (κ3) is 5.66. The third-order valence-corrected chi connectivity index (χ3v) is 3.90. The SMILES string of the molecule is Cc1ccc(NCCC(=O)NCCN2CCOCC2)c(C)c1. The van der Waals surface area contributed by atoms with Crippen LogP contribution in [0.1, 0.15) is 17.5 Å². The van der Waals surface area contributed by atoms with Crippen molar-refractivity contribution < 1.29 is 9.53 Å². The van der Waals surface area contributed by atoms with E-state index in [1.54, 1.807) is 0 Å². The predicted octanol–water partition coefficient (Wildman–Crippen LogP) is 1.55. The van der Waals surface area contributed by atoms with Crippen LogP contribution in [0.2, 0.25) is 0 Å². The smallest absolute Gasteiger partial charge is 0.221 e. The molecular formula is C17H27N3O2. The van der Waals surface area contributed by atoms with Gasteiger partial charge in [0.1, 0.15) is 0 Å². The normalized spacial score (nSPS) is 15.5. The quantitative estimate of drug-likeness (QED) is 0.802. The fourth-order valence-corrected chi connectivity index (χ4v) is 2.59. The molecule has 1 heterocycles. The van der Waals surface area contributed by atoms with Crippen LogP contribution in [-0.2, 0) is 9.53 Å². The van der Waals surface area contributed by atoms with Gasteiger partial charge in [0.2, 0.25) is 5.91 Å². The molecule has 1 aliphatic rings. The first-order valence-electron chi connectivity index (χ1n) is 8.03. The molecule has 1 amide bonds. The molecule has 0 spiro atoms. The lowest BCUT2D eigenvalue weighted by molar-refractivity contribution is -0.120. The molecule has 2 rings (SSSR count). The number of carbonyl (C=O) groups is 1. The van der Waals surface area contributed by atoms with E-state index in [2.05, 4.69) is 47.6 Å². The topological polar surface area (TPSA) is 53.6 Å². The fraction of sp³-hybridized carbons (Fsp3) is 0.588. The highest BCUT2D eigenvalue weighted by Crippen LogP contribution is 2.15. The van der Waals surface area contributed by atoms with Crippen molar-refractivity contribution in [1.82, 2.24) is 10.2 Å². The van der Waals surface area contributed by atoms with Gasteiger partial charge in [0.15, 0.2) is 0 Å². The van der Waals surface area contributed by atoms with Crippen molar-refractivity contribution >= 4 is 11.6 Å². The van der Waals surface area contributed by atoms with E-state index in [9.17, 15) is 4.79 Å². The fourth-order valence-electron chi connectivity index (χ4n) is 2.59.